The van der Waals surface area contributed by atoms with Gasteiger partial charge in [-0.15, -0.1) is 0 Å². The number of likely N-dealkylation sites (tertiary alicyclic amines) is 1. The molecule has 0 spiro atoms. The van der Waals surface area contributed by atoms with Crippen molar-refractivity contribution < 1.29 is 30.0 Å². The number of carbonyl (C=O) groups is 2. The SMILES string of the molecule is C[C@]12C[C@H](O)[C@H](O)C[C@H]1C(=O)C=C1C2CC[C@]2(C)[C@@H](C(=O)CN3CCC(O)CC3)CC[C@@]12O. The lowest BCUT2D eigenvalue weighted by atomic mass is 9.46. The normalized spacial score (nSPS) is 48.6. The van der Waals surface area contributed by atoms with Crippen LogP contribution in [0.1, 0.15) is 65.2 Å². The van der Waals surface area contributed by atoms with Crippen LogP contribution in [0.25, 0.3) is 0 Å². The van der Waals surface area contributed by atoms with Crippen LogP contribution in [0.3, 0.4) is 0 Å². The van der Waals surface area contributed by atoms with Crippen molar-refractivity contribution in [2.45, 2.75) is 89.1 Å². The number of aliphatic hydroxyl groups excluding tert-OH is 3. The van der Waals surface area contributed by atoms with Crippen molar-refractivity contribution >= 4 is 11.6 Å². The second-order valence-corrected chi connectivity index (χ2v) is 12.1. The topological polar surface area (TPSA) is 118 Å². The summed E-state index contributed by atoms with van der Waals surface area (Å²) in [7, 11) is 0. The molecule has 33 heavy (non-hydrogen) atoms. The Morgan fingerprint density at radius 2 is 1.73 bits per heavy atom. The standard InChI is InChI=1S/C26H39NO6/c1-24-13-22(31)21(30)12-19(24)20(29)11-18-16(24)3-7-25(2)17(4-8-26(18,25)33)23(32)14-27-9-5-15(28)6-10-27/h11,15-17,19,21-22,28,30-31,33H,3-10,12-14H2,1-2H3/t16?,17-,19+,21-,22+,24-,25-,26-/m1/s1. The number of hydrogen-bond acceptors (Lipinski definition) is 7. The molecular formula is C26H39NO6. The molecule has 0 amide bonds. The molecule has 3 saturated carbocycles. The van der Waals surface area contributed by atoms with Crippen LogP contribution in [-0.4, -0.2) is 80.4 Å². The van der Waals surface area contributed by atoms with Crippen LogP contribution in [0.4, 0.5) is 0 Å². The lowest BCUT2D eigenvalue weighted by molar-refractivity contribution is -0.154. The van der Waals surface area contributed by atoms with Gasteiger partial charge < -0.3 is 20.4 Å². The van der Waals surface area contributed by atoms with E-state index in [0.29, 0.717) is 45.1 Å². The van der Waals surface area contributed by atoms with Gasteiger partial charge in [0.05, 0.1) is 30.5 Å². The molecule has 1 unspecified atom stereocenters. The Morgan fingerprint density at radius 3 is 2.42 bits per heavy atom. The molecule has 4 fully saturated rings. The second kappa shape index (κ2) is 7.95. The van der Waals surface area contributed by atoms with E-state index in [1.165, 1.54) is 0 Å². The van der Waals surface area contributed by atoms with E-state index in [4.69, 9.17) is 0 Å². The van der Waals surface area contributed by atoms with Crippen LogP contribution in [0.15, 0.2) is 11.6 Å². The average molecular weight is 462 g/mol. The van der Waals surface area contributed by atoms with Crippen molar-refractivity contribution in [3.8, 4) is 0 Å². The summed E-state index contributed by atoms with van der Waals surface area (Å²) < 4.78 is 0. The van der Waals surface area contributed by atoms with Crippen molar-refractivity contribution in [2.75, 3.05) is 19.6 Å². The Bertz CT molecular complexity index is 865. The van der Waals surface area contributed by atoms with E-state index < -0.39 is 28.6 Å². The Balaban J connectivity index is 1.41. The zero-order valence-corrected chi connectivity index (χ0v) is 19.9. The number of allylic oxidation sites excluding steroid dienone is 1. The van der Waals surface area contributed by atoms with E-state index in [0.717, 1.165) is 25.1 Å². The van der Waals surface area contributed by atoms with Crippen LogP contribution in [0.2, 0.25) is 0 Å². The first-order chi connectivity index (χ1) is 15.5. The largest absolute Gasteiger partial charge is 0.393 e. The molecule has 1 saturated heterocycles. The van der Waals surface area contributed by atoms with Crippen molar-refractivity contribution in [2.24, 2.45) is 28.6 Å². The third-order valence-corrected chi connectivity index (χ3v) is 10.4. The summed E-state index contributed by atoms with van der Waals surface area (Å²) in [6, 6.07) is 0. The summed E-state index contributed by atoms with van der Waals surface area (Å²) in [6.45, 7) is 5.86. The van der Waals surface area contributed by atoms with Gasteiger partial charge in [0.1, 0.15) is 0 Å². The minimum Gasteiger partial charge on any atom is -0.393 e. The Kier molecular flexibility index (Phi) is 5.69. The van der Waals surface area contributed by atoms with Crippen LogP contribution < -0.4 is 0 Å². The first kappa shape index (κ1) is 23.6. The maximum absolute atomic E-state index is 13.4. The summed E-state index contributed by atoms with van der Waals surface area (Å²) in [4.78, 5) is 28.8. The van der Waals surface area contributed by atoms with Crippen LogP contribution in [-0.2, 0) is 9.59 Å². The van der Waals surface area contributed by atoms with Gasteiger partial charge in [0.15, 0.2) is 11.6 Å². The number of fused-ring (bicyclic) bond motifs is 5. The molecule has 4 N–H and O–H groups in total. The minimum absolute atomic E-state index is 0.0298. The van der Waals surface area contributed by atoms with E-state index in [1.54, 1.807) is 6.08 Å². The summed E-state index contributed by atoms with van der Waals surface area (Å²) in [6.07, 6.45) is 4.17. The molecule has 0 aromatic rings. The van der Waals surface area contributed by atoms with Crippen molar-refractivity contribution in [3.63, 3.8) is 0 Å². The number of piperidine rings is 1. The highest BCUT2D eigenvalue weighted by Crippen LogP contribution is 2.67. The molecule has 5 aliphatic rings. The average Bonchev–Trinajstić information content (AvgIpc) is 3.04. The molecule has 0 bridgehead atoms. The molecule has 0 aromatic carbocycles. The molecule has 7 nitrogen and oxygen atoms in total. The molecule has 184 valence electrons. The number of nitrogens with zero attached hydrogens (tertiary/aromatic N) is 1. The minimum atomic E-state index is -1.20. The number of ketones is 2. The number of rotatable bonds is 3. The van der Waals surface area contributed by atoms with E-state index in [-0.39, 0.29) is 41.8 Å². The molecule has 5 rings (SSSR count). The highest BCUT2D eigenvalue weighted by Gasteiger charge is 2.67. The number of aliphatic hydroxyl groups is 4. The summed E-state index contributed by atoms with van der Waals surface area (Å²) >= 11 is 0. The molecular weight excluding hydrogens is 422 g/mol. The van der Waals surface area contributed by atoms with Crippen LogP contribution >= 0.6 is 0 Å². The maximum atomic E-state index is 13.4. The molecule has 7 heteroatoms. The molecule has 0 aromatic heterocycles. The van der Waals surface area contributed by atoms with Gasteiger partial charge in [-0.3, -0.25) is 14.5 Å². The second-order valence-electron chi connectivity index (χ2n) is 12.1. The Morgan fingerprint density at radius 1 is 1.03 bits per heavy atom. The lowest BCUT2D eigenvalue weighted by Gasteiger charge is -2.59. The number of carbonyl (C=O) groups excluding carboxylic acids is 2. The fourth-order valence-corrected chi connectivity index (χ4v) is 8.29. The van der Waals surface area contributed by atoms with E-state index in [9.17, 15) is 30.0 Å². The third kappa shape index (κ3) is 3.41. The van der Waals surface area contributed by atoms with Gasteiger partial charge in [-0.2, -0.15) is 0 Å². The fraction of sp³-hybridized carbons (Fsp3) is 0.846. The van der Waals surface area contributed by atoms with Gasteiger partial charge in [0, 0.05) is 30.3 Å². The predicted molar refractivity (Wildman–Crippen MR) is 121 cm³/mol. The van der Waals surface area contributed by atoms with Gasteiger partial charge in [-0.25, -0.2) is 0 Å². The fourth-order valence-electron chi connectivity index (χ4n) is 8.29. The predicted octanol–water partition coefficient (Wildman–Crippen LogP) is 1.22. The zero-order valence-electron chi connectivity index (χ0n) is 19.9. The smallest absolute Gasteiger partial charge is 0.159 e. The van der Waals surface area contributed by atoms with Crippen molar-refractivity contribution in [3.05, 3.63) is 11.6 Å². The summed E-state index contributed by atoms with van der Waals surface area (Å²) in [5, 5.41) is 42.5. The van der Waals surface area contributed by atoms with Gasteiger partial charge in [-0.05, 0) is 74.3 Å². The number of hydrogen-bond donors (Lipinski definition) is 4. The first-order valence-electron chi connectivity index (χ1n) is 12.8. The van der Waals surface area contributed by atoms with Crippen LogP contribution in [0, 0.1) is 28.6 Å². The summed E-state index contributed by atoms with van der Waals surface area (Å²) in [5.74, 6) is -0.528. The lowest BCUT2D eigenvalue weighted by Crippen LogP contribution is -2.61. The molecule has 1 aliphatic heterocycles. The van der Waals surface area contributed by atoms with Crippen molar-refractivity contribution in [1.29, 1.82) is 0 Å². The van der Waals surface area contributed by atoms with E-state index >= 15 is 0 Å². The molecule has 4 aliphatic carbocycles. The molecule has 0 radical (unpaired) electrons. The van der Waals surface area contributed by atoms with Gasteiger partial charge in [0.2, 0.25) is 0 Å². The van der Waals surface area contributed by atoms with E-state index in [2.05, 4.69) is 4.90 Å². The molecule has 1 heterocycles. The zero-order chi connectivity index (χ0) is 23.8. The quantitative estimate of drug-likeness (QED) is 0.499. The first-order valence-corrected chi connectivity index (χ1v) is 12.8. The Hall–Kier alpha value is -1.12. The van der Waals surface area contributed by atoms with Crippen LogP contribution in [0.5, 0.6) is 0 Å². The van der Waals surface area contributed by atoms with Gasteiger partial charge in [0.25, 0.3) is 0 Å². The van der Waals surface area contributed by atoms with Gasteiger partial charge in [-0.1, -0.05) is 13.8 Å². The third-order valence-electron chi connectivity index (χ3n) is 10.4. The molecule has 8 atom stereocenters. The summed E-state index contributed by atoms with van der Waals surface area (Å²) in [5.41, 5.74) is -1.54. The Labute approximate surface area is 195 Å². The maximum Gasteiger partial charge on any atom is 0.159 e. The highest BCUT2D eigenvalue weighted by atomic mass is 16.3. The van der Waals surface area contributed by atoms with Crippen molar-refractivity contribution in [1.82, 2.24) is 4.90 Å². The monoisotopic (exact) mass is 461 g/mol. The van der Waals surface area contributed by atoms with Gasteiger partial charge >= 0.3 is 0 Å². The number of Topliss-reactive ketones (excluding diaryl/α,β-unsaturated/α-hetero) is 1. The van der Waals surface area contributed by atoms with E-state index in [1.807, 2.05) is 13.8 Å². The highest BCUT2D eigenvalue weighted by molar-refractivity contribution is 5.95.